The third-order valence-electron chi connectivity index (χ3n) is 5.98. The summed E-state index contributed by atoms with van der Waals surface area (Å²) in [7, 11) is 0. The van der Waals surface area contributed by atoms with Crippen molar-refractivity contribution in [2.24, 2.45) is 0 Å². The predicted molar refractivity (Wildman–Crippen MR) is 129 cm³/mol. The predicted octanol–water partition coefficient (Wildman–Crippen LogP) is 5.42. The van der Waals surface area contributed by atoms with Gasteiger partial charge in [-0.1, -0.05) is 72.3 Å². The SMILES string of the molecule is CCN(Cc1ccccc1)C1=C(c2ccc(C)cc2C)C(=O)N(c2ccccc2C)C1=O. The van der Waals surface area contributed by atoms with Gasteiger partial charge in [0.1, 0.15) is 5.70 Å². The van der Waals surface area contributed by atoms with Crippen LogP contribution in [0.25, 0.3) is 5.57 Å². The number of amides is 2. The van der Waals surface area contributed by atoms with E-state index in [4.69, 9.17) is 0 Å². The highest BCUT2D eigenvalue weighted by Crippen LogP contribution is 2.37. The summed E-state index contributed by atoms with van der Waals surface area (Å²) in [5, 5.41) is 0. The number of likely N-dealkylation sites (N-methyl/N-ethyl adjacent to an activating group) is 1. The van der Waals surface area contributed by atoms with Crippen LogP contribution in [0.4, 0.5) is 5.69 Å². The first-order chi connectivity index (χ1) is 15.4. The molecule has 1 heterocycles. The van der Waals surface area contributed by atoms with Crippen LogP contribution in [0.1, 0.15) is 34.7 Å². The maximum Gasteiger partial charge on any atom is 0.282 e. The van der Waals surface area contributed by atoms with E-state index in [1.54, 1.807) is 0 Å². The molecule has 0 aromatic heterocycles. The molecular formula is C28H28N2O2. The van der Waals surface area contributed by atoms with Crippen LogP contribution in [0, 0.1) is 20.8 Å². The molecule has 162 valence electrons. The minimum atomic E-state index is -0.267. The summed E-state index contributed by atoms with van der Waals surface area (Å²) in [6.45, 7) is 9.13. The fourth-order valence-electron chi connectivity index (χ4n) is 4.33. The van der Waals surface area contributed by atoms with E-state index in [1.165, 1.54) is 4.90 Å². The normalized spacial score (nSPS) is 13.8. The molecule has 0 atom stereocenters. The number of benzene rings is 3. The number of aryl methyl sites for hydroxylation is 3. The second-order valence-electron chi connectivity index (χ2n) is 8.27. The molecule has 0 unspecified atom stereocenters. The number of hydrogen-bond donors (Lipinski definition) is 0. The van der Waals surface area contributed by atoms with Gasteiger partial charge in [-0.15, -0.1) is 0 Å². The van der Waals surface area contributed by atoms with E-state index in [0.29, 0.717) is 30.0 Å². The zero-order valence-electron chi connectivity index (χ0n) is 19.1. The van der Waals surface area contributed by atoms with E-state index in [0.717, 1.165) is 27.8 Å². The zero-order chi connectivity index (χ0) is 22.8. The Morgan fingerprint density at radius 2 is 1.47 bits per heavy atom. The molecule has 4 heteroatoms. The minimum Gasteiger partial charge on any atom is -0.362 e. The quantitative estimate of drug-likeness (QED) is 0.496. The number of para-hydroxylation sites is 1. The average Bonchev–Trinajstić information content (AvgIpc) is 3.03. The van der Waals surface area contributed by atoms with Crippen molar-refractivity contribution in [1.82, 2.24) is 4.90 Å². The molecule has 0 aliphatic carbocycles. The van der Waals surface area contributed by atoms with E-state index >= 15 is 0 Å². The highest BCUT2D eigenvalue weighted by atomic mass is 16.2. The summed E-state index contributed by atoms with van der Waals surface area (Å²) in [5.41, 5.74) is 6.49. The smallest absolute Gasteiger partial charge is 0.282 e. The van der Waals surface area contributed by atoms with Crippen LogP contribution in [0.2, 0.25) is 0 Å². The molecule has 0 bridgehead atoms. The maximum atomic E-state index is 13.8. The van der Waals surface area contributed by atoms with Crippen molar-refractivity contribution in [2.45, 2.75) is 34.2 Å². The van der Waals surface area contributed by atoms with Gasteiger partial charge in [-0.3, -0.25) is 9.59 Å². The molecule has 0 N–H and O–H groups in total. The van der Waals surface area contributed by atoms with Crippen molar-refractivity contribution in [3.63, 3.8) is 0 Å². The van der Waals surface area contributed by atoms with E-state index in [-0.39, 0.29) is 11.8 Å². The topological polar surface area (TPSA) is 40.6 Å². The van der Waals surface area contributed by atoms with Crippen LogP contribution < -0.4 is 4.90 Å². The van der Waals surface area contributed by atoms with E-state index in [9.17, 15) is 9.59 Å². The zero-order valence-corrected chi connectivity index (χ0v) is 19.1. The fraction of sp³-hybridized carbons (Fsp3) is 0.214. The van der Waals surface area contributed by atoms with Gasteiger partial charge in [0, 0.05) is 13.1 Å². The van der Waals surface area contributed by atoms with E-state index in [1.807, 2.05) is 99.3 Å². The van der Waals surface area contributed by atoms with Gasteiger partial charge in [0.15, 0.2) is 0 Å². The fourth-order valence-corrected chi connectivity index (χ4v) is 4.33. The van der Waals surface area contributed by atoms with Crippen molar-refractivity contribution in [2.75, 3.05) is 11.4 Å². The van der Waals surface area contributed by atoms with Crippen LogP contribution in [-0.4, -0.2) is 23.3 Å². The number of carbonyl (C=O) groups excluding carboxylic acids is 2. The molecule has 0 fully saturated rings. The molecular weight excluding hydrogens is 396 g/mol. The third-order valence-corrected chi connectivity index (χ3v) is 5.98. The van der Waals surface area contributed by atoms with Crippen LogP contribution in [-0.2, 0) is 16.1 Å². The summed E-state index contributed by atoms with van der Waals surface area (Å²) < 4.78 is 0. The molecule has 1 aliphatic heterocycles. The van der Waals surface area contributed by atoms with Crippen LogP contribution in [0.5, 0.6) is 0 Å². The molecule has 0 radical (unpaired) electrons. The third kappa shape index (κ3) is 3.84. The second kappa shape index (κ2) is 8.83. The van der Waals surface area contributed by atoms with Crippen molar-refractivity contribution < 1.29 is 9.59 Å². The Bertz CT molecular complexity index is 1210. The van der Waals surface area contributed by atoms with Crippen molar-refractivity contribution in [3.05, 3.63) is 106 Å². The van der Waals surface area contributed by atoms with Crippen LogP contribution >= 0.6 is 0 Å². The molecule has 32 heavy (non-hydrogen) atoms. The second-order valence-corrected chi connectivity index (χ2v) is 8.27. The molecule has 2 amide bonds. The summed E-state index contributed by atoms with van der Waals surface area (Å²) in [4.78, 5) is 31.0. The van der Waals surface area contributed by atoms with Crippen molar-refractivity contribution in [3.8, 4) is 0 Å². The molecule has 1 aliphatic rings. The van der Waals surface area contributed by atoms with Gasteiger partial charge in [-0.05, 0) is 56.0 Å². The Morgan fingerprint density at radius 3 is 2.12 bits per heavy atom. The van der Waals surface area contributed by atoms with Crippen LogP contribution in [0.3, 0.4) is 0 Å². The first kappa shape index (κ1) is 21.6. The Kier molecular flexibility index (Phi) is 5.95. The Morgan fingerprint density at radius 1 is 0.781 bits per heavy atom. The summed E-state index contributed by atoms with van der Waals surface area (Å²) in [6, 6.07) is 23.6. The molecule has 0 spiro atoms. The van der Waals surface area contributed by atoms with Gasteiger partial charge in [-0.25, -0.2) is 4.90 Å². The first-order valence-corrected chi connectivity index (χ1v) is 11.0. The lowest BCUT2D eigenvalue weighted by Gasteiger charge is -2.25. The monoisotopic (exact) mass is 424 g/mol. The molecule has 0 saturated carbocycles. The molecule has 4 nitrogen and oxygen atoms in total. The maximum absolute atomic E-state index is 13.8. The first-order valence-electron chi connectivity index (χ1n) is 11.0. The van der Waals surface area contributed by atoms with Crippen molar-refractivity contribution >= 4 is 23.1 Å². The van der Waals surface area contributed by atoms with Gasteiger partial charge in [-0.2, -0.15) is 0 Å². The number of nitrogens with zero attached hydrogens (tertiary/aromatic N) is 2. The van der Waals surface area contributed by atoms with E-state index < -0.39 is 0 Å². The molecule has 4 rings (SSSR count). The van der Waals surface area contributed by atoms with Crippen LogP contribution in [0.15, 0.2) is 78.5 Å². The summed E-state index contributed by atoms with van der Waals surface area (Å²) >= 11 is 0. The number of hydrogen-bond acceptors (Lipinski definition) is 3. The van der Waals surface area contributed by atoms with Gasteiger partial charge in [0.2, 0.25) is 0 Å². The van der Waals surface area contributed by atoms with Gasteiger partial charge >= 0.3 is 0 Å². The Labute approximate surface area is 189 Å². The number of anilines is 1. The highest BCUT2D eigenvalue weighted by molar-refractivity contribution is 6.45. The number of rotatable bonds is 6. The standard InChI is InChI=1S/C28H28N2O2/c1-5-29(18-22-12-7-6-8-13-22)26-25(23-16-15-19(2)17-21(23)4)27(31)30(28(26)32)24-14-10-9-11-20(24)3/h6-17H,5,18H2,1-4H3. The highest BCUT2D eigenvalue weighted by Gasteiger charge is 2.43. The minimum absolute atomic E-state index is 0.266. The van der Waals surface area contributed by atoms with Gasteiger partial charge in [0.25, 0.3) is 11.8 Å². The summed E-state index contributed by atoms with van der Waals surface area (Å²) in [5.74, 6) is -0.533. The van der Waals surface area contributed by atoms with E-state index in [2.05, 4.69) is 6.07 Å². The average molecular weight is 425 g/mol. The van der Waals surface area contributed by atoms with Gasteiger partial charge in [0.05, 0.1) is 11.3 Å². The Hall–Kier alpha value is -3.66. The Balaban J connectivity index is 1.89. The lowest BCUT2D eigenvalue weighted by molar-refractivity contribution is -0.120. The number of carbonyl (C=O) groups is 2. The molecule has 0 saturated heterocycles. The lowest BCUT2D eigenvalue weighted by Crippen LogP contribution is -2.35. The molecule has 3 aromatic carbocycles. The van der Waals surface area contributed by atoms with Gasteiger partial charge < -0.3 is 4.90 Å². The largest absolute Gasteiger partial charge is 0.362 e. The summed E-state index contributed by atoms with van der Waals surface area (Å²) in [6.07, 6.45) is 0. The number of imide groups is 1. The molecule has 3 aromatic rings. The lowest BCUT2D eigenvalue weighted by atomic mass is 9.97. The van der Waals surface area contributed by atoms with Crippen molar-refractivity contribution in [1.29, 1.82) is 0 Å².